The van der Waals surface area contributed by atoms with Crippen molar-refractivity contribution in [3.05, 3.63) is 0 Å². The Morgan fingerprint density at radius 3 is 0.747 bits per heavy atom. The Balaban J connectivity index is 5.13. The minimum atomic E-state index is -4.95. The molecular weight excluding hydrogens is 1200 g/mol. The molecule has 0 rings (SSSR count). The van der Waals surface area contributed by atoms with Crippen LogP contribution >= 0.6 is 15.6 Å². The molecular formula is C72H140O17P2. The summed E-state index contributed by atoms with van der Waals surface area (Å²) in [5.74, 6) is -0.640. The summed E-state index contributed by atoms with van der Waals surface area (Å²) in [7, 11) is -9.89. The van der Waals surface area contributed by atoms with Crippen LogP contribution in [0, 0.1) is 11.8 Å². The summed E-state index contributed by atoms with van der Waals surface area (Å²) >= 11 is 0. The van der Waals surface area contributed by atoms with Crippen LogP contribution in [0.25, 0.3) is 0 Å². The highest BCUT2D eigenvalue weighted by Crippen LogP contribution is 2.45. The molecule has 0 saturated carbocycles. The number of esters is 4. The molecule has 5 atom stereocenters. The van der Waals surface area contributed by atoms with E-state index in [1.165, 1.54) is 180 Å². The first-order valence-electron chi connectivity index (χ1n) is 37.5. The molecule has 0 fully saturated rings. The van der Waals surface area contributed by atoms with Crippen molar-refractivity contribution in [3.8, 4) is 0 Å². The average molecular weight is 1340 g/mol. The van der Waals surface area contributed by atoms with Gasteiger partial charge in [-0.2, -0.15) is 0 Å². The zero-order chi connectivity index (χ0) is 67.2. The first-order chi connectivity index (χ1) is 43.9. The van der Waals surface area contributed by atoms with Crippen LogP contribution in [0.15, 0.2) is 0 Å². The van der Waals surface area contributed by atoms with Crippen molar-refractivity contribution in [2.45, 2.75) is 387 Å². The van der Waals surface area contributed by atoms with Crippen molar-refractivity contribution in [2.24, 2.45) is 11.8 Å². The smallest absolute Gasteiger partial charge is 0.462 e. The summed E-state index contributed by atoms with van der Waals surface area (Å²) in [5, 5.41) is 10.6. The fraction of sp³-hybridized carbons (Fsp3) is 0.944. The zero-order valence-corrected chi connectivity index (χ0v) is 60.9. The Morgan fingerprint density at radius 2 is 0.505 bits per heavy atom. The number of phosphoric acid groups is 2. The Bertz CT molecular complexity index is 1770. The number of hydrogen-bond donors (Lipinski definition) is 3. The second-order valence-electron chi connectivity index (χ2n) is 26.9. The predicted molar refractivity (Wildman–Crippen MR) is 368 cm³/mol. The summed E-state index contributed by atoms with van der Waals surface area (Å²) in [4.78, 5) is 72.3. The molecule has 0 bridgehead atoms. The van der Waals surface area contributed by atoms with Gasteiger partial charge in [0.25, 0.3) is 0 Å². The molecule has 0 aliphatic rings. The molecule has 0 spiro atoms. The van der Waals surface area contributed by atoms with E-state index in [1.807, 2.05) is 0 Å². The molecule has 0 aromatic carbocycles. The van der Waals surface area contributed by atoms with Crippen LogP contribution in [0.5, 0.6) is 0 Å². The molecule has 17 nitrogen and oxygen atoms in total. The SMILES string of the molecule is CCCCCCCCCCCCCCCCCCCCCC(=O)O[C@H](COC(=O)CCCCCCCCCCCCCCCCC(C)C)COP(=O)(O)OC[C@@H](O)COP(=O)(O)OC[C@@H](COC(=O)CCCCCCC)OC(=O)CCCCCCCCCC(C)C. The lowest BCUT2D eigenvalue weighted by Gasteiger charge is -2.21. The summed E-state index contributed by atoms with van der Waals surface area (Å²) in [6.45, 7) is 9.43. The van der Waals surface area contributed by atoms with Gasteiger partial charge in [0.15, 0.2) is 12.2 Å². The zero-order valence-electron chi connectivity index (χ0n) is 59.1. The number of hydrogen-bond acceptors (Lipinski definition) is 15. The van der Waals surface area contributed by atoms with Gasteiger partial charge in [-0.15, -0.1) is 0 Å². The van der Waals surface area contributed by atoms with E-state index >= 15 is 0 Å². The molecule has 0 aliphatic carbocycles. The average Bonchev–Trinajstić information content (AvgIpc) is 3.63. The lowest BCUT2D eigenvalue weighted by Crippen LogP contribution is -2.30. The minimum Gasteiger partial charge on any atom is -0.462 e. The van der Waals surface area contributed by atoms with Crippen molar-refractivity contribution in [3.63, 3.8) is 0 Å². The highest BCUT2D eigenvalue weighted by atomic mass is 31.2. The molecule has 0 aliphatic heterocycles. The van der Waals surface area contributed by atoms with Crippen molar-refractivity contribution < 1.29 is 80.2 Å². The molecule has 0 radical (unpaired) electrons. The summed E-state index contributed by atoms with van der Waals surface area (Å²) in [5.41, 5.74) is 0. The highest BCUT2D eigenvalue weighted by Gasteiger charge is 2.30. The molecule has 0 heterocycles. The lowest BCUT2D eigenvalue weighted by atomic mass is 10.0. The van der Waals surface area contributed by atoms with Gasteiger partial charge in [-0.25, -0.2) is 9.13 Å². The Hall–Kier alpha value is -1.94. The first kappa shape index (κ1) is 89.1. The Kier molecular flexibility index (Phi) is 62.7. The maximum atomic E-state index is 13.0. The van der Waals surface area contributed by atoms with Gasteiger partial charge >= 0.3 is 39.5 Å². The topological polar surface area (TPSA) is 237 Å². The molecule has 91 heavy (non-hydrogen) atoms. The number of aliphatic hydroxyl groups excluding tert-OH is 1. The number of aliphatic hydroxyl groups is 1. The van der Waals surface area contributed by atoms with Crippen LogP contribution in [-0.2, 0) is 65.4 Å². The van der Waals surface area contributed by atoms with Crippen LogP contribution in [0.3, 0.4) is 0 Å². The third kappa shape index (κ3) is 66.5. The second-order valence-corrected chi connectivity index (χ2v) is 29.8. The fourth-order valence-corrected chi connectivity index (χ4v) is 12.5. The van der Waals surface area contributed by atoms with E-state index in [1.54, 1.807) is 0 Å². The third-order valence-corrected chi connectivity index (χ3v) is 18.6. The van der Waals surface area contributed by atoms with Gasteiger partial charge in [-0.3, -0.25) is 37.3 Å². The molecule has 0 aromatic heterocycles. The van der Waals surface area contributed by atoms with E-state index in [2.05, 4.69) is 41.5 Å². The van der Waals surface area contributed by atoms with E-state index < -0.39 is 97.5 Å². The van der Waals surface area contributed by atoms with Crippen molar-refractivity contribution in [1.82, 2.24) is 0 Å². The van der Waals surface area contributed by atoms with Crippen LogP contribution < -0.4 is 0 Å². The van der Waals surface area contributed by atoms with Gasteiger partial charge in [-0.05, 0) is 37.5 Å². The van der Waals surface area contributed by atoms with Gasteiger partial charge in [0.05, 0.1) is 26.4 Å². The van der Waals surface area contributed by atoms with Crippen LogP contribution in [-0.4, -0.2) is 96.7 Å². The maximum absolute atomic E-state index is 13.0. The standard InChI is InChI=1S/C72H140O17P2/c1-7-9-11-13-14-15-16-17-18-19-20-21-22-27-30-33-38-44-50-56-71(76)89-68(61-83-70(75)55-49-43-37-32-29-26-24-23-25-28-31-35-41-46-52-64(3)4)63-87-91(80,81)85-59-66(73)58-84-90(78,79)86-62-67(60-82-69(74)54-48-40-12-10-8-2)88-72(77)57-51-45-39-34-36-42-47-53-65(5)6/h64-68,73H,7-63H2,1-6H3,(H,78,79)(H,80,81)/t66-,67+,68+/m0/s1. The maximum Gasteiger partial charge on any atom is 0.472 e. The van der Waals surface area contributed by atoms with Crippen LogP contribution in [0.2, 0.25) is 0 Å². The molecule has 19 heteroatoms. The summed E-state index contributed by atoms with van der Waals surface area (Å²) < 4.78 is 68.1. The summed E-state index contributed by atoms with van der Waals surface area (Å²) in [6.07, 6.45) is 50.6. The van der Waals surface area contributed by atoms with Gasteiger partial charge in [0, 0.05) is 25.7 Å². The van der Waals surface area contributed by atoms with Crippen LogP contribution in [0.4, 0.5) is 0 Å². The molecule has 2 unspecified atom stereocenters. The van der Waals surface area contributed by atoms with Crippen molar-refractivity contribution in [1.29, 1.82) is 0 Å². The predicted octanol–water partition coefficient (Wildman–Crippen LogP) is 20.8. The van der Waals surface area contributed by atoms with Crippen molar-refractivity contribution >= 4 is 39.5 Å². The largest absolute Gasteiger partial charge is 0.472 e. The minimum absolute atomic E-state index is 0.103. The number of ether oxygens (including phenoxy) is 4. The Morgan fingerprint density at radius 1 is 0.297 bits per heavy atom. The van der Waals surface area contributed by atoms with Crippen molar-refractivity contribution in [2.75, 3.05) is 39.6 Å². The lowest BCUT2D eigenvalue weighted by molar-refractivity contribution is -0.161. The molecule has 0 saturated heterocycles. The summed E-state index contributed by atoms with van der Waals surface area (Å²) in [6, 6.07) is 0. The van der Waals surface area contributed by atoms with Gasteiger partial charge in [-0.1, -0.05) is 318 Å². The van der Waals surface area contributed by atoms with Gasteiger partial charge in [0.1, 0.15) is 19.3 Å². The fourth-order valence-electron chi connectivity index (χ4n) is 10.9. The number of carbonyl (C=O) groups is 4. The third-order valence-electron chi connectivity index (χ3n) is 16.7. The highest BCUT2D eigenvalue weighted by molar-refractivity contribution is 7.47. The normalized spacial score (nSPS) is 14.1. The number of unbranched alkanes of at least 4 members (excludes halogenated alkanes) is 41. The number of rotatable bonds is 71. The number of carbonyl (C=O) groups excluding carboxylic acids is 4. The monoisotopic (exact) mass is 1340 g/mol. The van der Waals surface area contributed by atoms with Crippen LogP contribution in [0.1, 0.15) is 369 Å². The molecule has 3 N–H and O–H groups in total. The second kappa shape index (κ2) is 64.1. The quantitative estimate of drug-likeness (QED) is 0.0222. The Labute approximate surface area is 556 Å². The van der Waals surface area contributed by atoms with E-state index in [0.29, 0.717) is 31.6 Å². The first-order valence-corrected chi connectivity index (χ1v) is 40.5. The molecule has 0 amide bonds. The molecule has 540 valence electrons. The number of phosphoric ester groups is 2. The van der Waals surface area contributed by atoms with E-state index in [4.69, 9.17) is 37.0 Å². The van der Waals surface area contributed by atoms with Gasteiger partial charge < -0.3 is 33.8 Å². The van der Waals surface area contributed by atoms with E-state index in [9.17, 15) is 43.2 Å². The van der Waals surface area contributed by atoms with E-state index in [-0.39, 0.29) is 25.7 Å². The molecule has 0 aromatic rings. The van der Waals surface area contributed by atoms with Gasteiger partial charge in [0.2, 0.25) is 0 Å². The van der Waals surface area contributed by atoms with E-state index in [0.717, 1.165) is 102 Å².